The summed E-state index contributed by atoms with van der Waals surface area (Å²) in [5, 5.41) is 3.32. The smallest absolute Gasteiger partial charge is 0.121 e. The molecule has 1 N–H and O–H groups in total. The van der Waals surface area contributed by atoms with Crippen LogP contribution in [0.1, 0.15) is 20.3 Å². The molecule has 1 saturated heterocycles. The van der Waals surface area contributed by atoms with Crippen molar-refractivity contribution in [3.05, 3.63) is 24.3 Å². The second-order valence-electron chi connectivity index (χ2n) is 4.40. The summed E-state index contributed by atoms with van der Waals surface area (Å²) in [6.45, 7) is 8.46. The molecule has 1 atom stereocenters. The Hall–Kier alpha value is -0.930. The minimum absolute atomic E-state index is 0. The first-order valence-corrected chi connectivity index (χ1v) is 6.56. The lowest BCUT2D eigenvalue weighted by atomic mass is 10.2. The van der Waals surface area contributed by atoms with Gasteiger partial charge in [0.25, 0.3) is 0 Å². The van der Waals surface area contributed by atoms with Crippen molar-refractivity contribution in [1.29, 1.82) is 0 Å². The van der Waals surface area contributed by atoms with Gasteiger partial charge in [-0.1, -0.05) is 6.07 Å². The van der Waals surface area contributed by atoms with Crippen LogP contribution in [0, 0.1) is 0 Å². The van der Waals surface area contributed by atoms with Gasteiger partial charge in [-0.15, -0.1) is 12.4 Å². The van der Waals surface area contributed by atoms with Crippen molar-refractivity contribution >= 4 is 18.1 Å². The standard InChI is InChI=1S/C14H22N2O.ClH/c1-3-16(4-2)12-6-5-7-13(10-12)17-14-8-9-15-11-14;/h5-7,10,14-15H,3-4,8-9,11H2,1-2H3;1H. The topological polar surface area (TPSA) is 24.5 Å². The largest absolute Gasteiger partial charge is 0.489 e. The summed E-state index contributed by atoms with van der Waals surface area (Å²) in [5.74, 6) is 0.989. The van der Waals surface area contributed by atoms with Crippen LogP contribution in [0.4, 0.5) is 5.69 Å². The molecule has 1 aromatic carbocycles. The minimum atomic E-state index is 0. The van der Waals surface area contributed by atoms with Crippen LogP contribution in [0.2, 0.25) is 0 Å². The van der Waals surface area contributed by atoms with E-state index in [0.717, 1.165) is 38.3 Å². The molecule has 0 saturated carbocycles. The summed E-state index contributed by atoms with van der Waals surface area (Å²) < 4.78 is 5.97. The van der Waals surface area contributed by atoms with Gasteiger partial charge in [-0.05, 0) is 38.9 Å². The normalized spacial score (nSPS) is 18.2. The van der Waals surface area contributed by atoms with Crippen molar-refractivity contribution in [3.8, 4) is 5.75 Å². The summed E-state index contributed by atoms with van der Waals surface area (Å²) in [7, 11) is 0. The van der Waals surface area contributed by atoms with E-state index in [1.54, 1.807) is 0 Å². The molecule has 1 aliphatic rings. The lowest BCUT2D eigenvalue weighted by Gasteiger charge is -2.22. The second-order valence-corrected chi connectivity index (χ2v) is 4.40. The average molecular weight is 271 g/mol. The van der Waals surface area contributed by atoms with Gasteiger partial charge >= 0.3 is 0 Å². The molecule has 0 spiro atoms. The SMILES string of the molecule is CCN(CC)c1cccc(OC2CCNC2)c1.Cl. The Morgan fingerprint density at radius 2 is 2.11 bits per heavy atom. The molecular formula is C14H23ClN2O. The number of anilines is 1. The molecule has 0 bridgehead atoms. The third-order valence-corrected chi connectivity index (χ3v) is 3.26. The maximum absolute atomic E-state index is 5.97. The van der Waals surface area contributed by atoms with Crippen molar-refractivity contribution in [1.82, 2.24) is 5.32 Å². The molecule has 1 fully saturated rings. The molecule has 1 heterocycles. The van der Waals surface area contributed by atoms with Gasteiger partial charge in [-0.25, -0.2) is 0 Å². The molecule has 1 aromatic rings. The van der Waals surface area contributed by atoms with Crippen molar-refractivity contribution in [2.24, 2.45) is 0 Å². The van der Waals surface area contributed by atoms with Gasteiger partial charge in [-0.2, -0.15) is 0 Å². The first-order valence-electron chi connectivity index (χ1n) is 6.56. The number of halogens is 1. The van der Waals surface area contributed by atoms with E-state index >= 15 is 0 Å². The van der Waals surface area contributed by atoms with E-state index in [2.05, 4.69) is 42.3 Å². The number of benzene rings is 1. The number of rotatable bonds is 5. The van der Waals surface area contributed by atoms with E-state index in [1.807, 2.05) is 6.07 Å². The Morgan fingerprint density at radius 1 is 1.33 bits per heavy atom. The maximum atomic E-state index is 5.97. The first kappa shape index (κ1) is 15.1. The van der Waals surface area contributed by atoms with Crippen LogP contribution in [0.3, 0.4) is 0 Å². The molecule has 18 heavy (non-hydrogen) atoms. The van der Waals surface area contributed by atoms with E-state index < -0.39 is 0 Å². The predicted octanol–water partition coefficient (Wildman–Crippen LogP) is 2.70. The van der Waals surface area contributed by atoms with Crippen LogP contribution in [0.15, 0.2) is 24.3 Å². The average Bonchev–Trinajstić information content (AvgIpc) is 2.84. The van der Waals surface area contributed by atoms with Crippen molar-refractivity contribution < 1.29 is 4.74 Å². The summed E-state index contributed by atoms with van der Waals surface area (Å²) in [6, 6.07) is 8.41. The van der Waals surface area contributed by atoms with Crippen LogP contribution >= 0.6 is 12.4 Å². The van der Waals surface area contributed by atoms with Crippen molar-refractivity contribution in [2.45, 2.75) is 26.4 Å². The summed E-state index contributed by atoms with van der Waals surface area (Å²) in [5.41, 5.74) is 1.25. The molecule has 1 aliphatic heterocycles. The minimum Gasteiger partial charge on any atom is -0.489 e. The van der Waals surface area contributed by atoms with Crippen molar-refractivity contribution in [2.75, 3.05) is 31.1 Å². The second kappa shape index (κ2) is 7.49. The highest BCUT2D eigenvalue weighted by Crippen LogP contribution is 2.22. The van der Waals surface area contributed by atoms with Crippen LogP contribution in [-0.4, -0.2) is 32.3 Å². The summed E-state index contributed by atoms with van der Waals surface area (Å²) in [4.78, 5) is 2.33. The number of nitrogens with zero attached hydrogens (tertiary/aromatic N) is 1. The molecule has 0 amide bonds. The zero-order valence-corrected chi connectivity index (χ0v) is 12.0. The zero-order valence-electron chi connectivity index (χ0n) is 11.2. The fourth-order valence-corrected chi connectivity index (χ4v) is 2.26. The lowest BCUT2D eigenvalue weighted by Crippen LogP contribution is -2.22. The van der Waals surface area contributed by atoms with Gasteiger partial charge in [0.1, 0.15) is 11.9 Å². The molecule has 2 rings (SSSR count). The van der Waals surface area contributed by atoms with Crippen molar-refractivity contribution in [3.63, 3.8) is 0 Å². The number of hydrogen-bond acceptors (Lipinski definition) is 3. The van der Waals surface area contributed by atoms with E-state index in [-0.39, 0.29) is 12.4 Å². The third kappa shape index (κ3) is 3.79. The van der Waals surface area contributed by atoms with Gasteiger partial charge in [-0.3, -0.25) is 0 Å². The highest BCUT2D eigenvalue weighted by molar-refractivity contribution is 5.85. The van der Waals surface area contributed by atoms with E-state index in [0.29, 0.717) is 6.10 Å². The van der Waals surface area contributed by atoms with Gasteiger partial charge in [0.05, 0.1) is 0 Å². The first-order chi connectivity index (χ1) is 8.33. The highest BCUT2D eigenvalue weighted by atomic mass is 35.5. The zero-order chi connectivity index (χ0) is 12.1. The number of hydrogen-bond donors (Lipinski definition) is 1. The lowest BCUT2D eigenvalue weighted by molar-refractivity contribution is 0.223. The third-order valence-electron chi connectivity index (χ3n) is 3.26. The van der Waals surface area contributed by atoms with Gasteiger partial charge in [0.2, 0.25) is 0 Å². The molecule has 4 heteroatoms. The molecule has 0 aliphatic carbocycles. The Bertz CT molecular complexity index is 349. The van der Waals surface area contributed by atoms with E-state index in [9.17, 15) is 0 Å². The van der Waals surface area contributed by atoms with Crippen LogP contribution in [0.25, 0.3) is 0 Å². The quantitative estimate of drug-likeness (QED) is 0.890. The summed E-state index contributed by atoms with van der Waals surface area (Å²) in [6.07, 6.45) is 1.44. The Kier molecular flexibility index (Phi) is 6.30. The Labute approximate surface area is 116 Å². The van der Waals surface area contributed by atoms with Crippen LogP contribution < -0.4 is 15.0 Å². The molecule has 0 aromatic heterocycles. The predicted molar refractivity (Wildman–Crippen MR) is 79.2 cm³/mol. The summed E-state index contributed by atoms with van der Waals surface area (Å²) >= 11 is 0. The van der Waals surface area contributed by atoms with Crippen LogP contribution in [0.5, 0.6) is 5.75 Å². The van der Waals surface area contributed by atoms with E-state index in [1.165, 1.54) is 5.69 Å². The van der Waals surface area contributed by atoms with Gasteiger partial charge in [0, 0.05) is 31.4 Å². The Balaban J connectivity index is 0.00000162. The maximum Gasteiger partial charge on any atom is 0.121 e. The molecule has 0 radical (unpaired) electrons. The van der Waals surface area contributed by atoms with E-state index in [4.69, 9.17) is 4.74 Å². The molecule has 1 unspecified atom stereocenters. The monoisotopic (exact) mass is 270 g/mol. The molecule has 102 valence electrons. The fraction of sp³-hybridized carbons (Fsp3) is 0.571. The number of nitrogens with one attached hydrogen (secondary N) is 1. The highest BCUT2D eigenvalue weighted by Gasteiger charge is 2.16. The number of ether oxygens (including phenoxy) is 1. The Morgan fingerprint density at radius 3 is 2.72 bits per heavy atom. The molecular weight excluding hydrogens is 248 g/mol. The van der Waals surface area contributed by atoms with Gasteiger partial charge < -0.3 is 15.0 Å². The van der Waals surface area contributed by atoms with Crippen LogP contribution in [-0.2, 0) is 0 Å². The van der Waals surface area contributed by atoms with Gasteiger partial charge in [0.15, 0.2) is 0 Å². The molecule has 3 nitrogen and oxygen atoms in total. The fourth-order valence-electron chi connectivity index (χ4n) is 2.26.